The molecule has 0 aromatic carbocycles. The summed E-state index contributed by atoms with van der Waals surface area (Å²) in [5.41, 5.74) is -1.74. The predicted molar refractivity (Wildman–Crippen MR) is 72.3 cm³/mol. The lowest BCUT2D eigenvalue weighted by atomic mass is 9.81. The largest absolute Gasteiger partial charge is 0.480 e. The molecule has 1 rings (SSSR count). The molecule has 1 aliphatic heterocycles. The number of likely N-dealkylation sites (tertiary alicyclic amines) is 1. The smallest absolute Gasteiger partial charge is 0.410 e. The first-order valence-electron chi connectivity index (χ1n) is 6.71. The van der Waals surface area contributed by atoms with Crippen molar-refractivity contribution in [2.75, 3.05) is 13.1 Å². The average molecular weight is 285 g/mol. The molecule has 1 amide bonds. The zero-order valence-electron chi connectivity index (χ0n) is 12.7. The van der Waals surface area contributed by atoms with Gasteiger partial charge in [-0.25, -0.2) is 4.79 Å². The highest BCUT2D eigenvalue weighted by Gasteiger charge is 2.47. The summed E-state index contributed by atoms with van der Waals surface area (Å²) in [4.78, 5) is 36.4. The van der Waals surface area contributed by atoms with E-state index < -0.39 is 17.5 Å². The van der Waals surface area contributed by atoms with E-state index >= 15 is 0 Å². The Morgan fingerprint density at radius 2 is 1.95 bits per heavy atom. The van der Waals surface area contributed by atoms with E-state index in [0.29, 0.717) is 0 Å². The fraction of sp³-hybridized carbons (Fsp3) is 0.786. The second kappa shape index (κ2) is 5.42. The van der Waals surface area contributed by atoms with E-state index in [-0.39, 0.29) is 36.8 Å². The predicted octanol–water partition coefficient (Wildman–Crippen LogP) is 1.92. The number of carbonyl (C=O) groups excluding carboxylic acids is 2. The molecular formula is C14H23NO5. The Balaban J connectivity index is 2.76. The SMILES string of the molecule is CC(OC(=O)N1CCC(=O)C(C)(C(=O)O)C1)C(C)(C)C. The Hall–Kier alpha value is -1.59. The summed E-state index contributed by atoms with van der Waals surface area (Å²) in [6.45, 7) is 9.06. The van der Waals surface area contributed by atoms with Crippen molar-refractivity contribution < 1.29 is 24.2 Å². The van der Waals surface area contributed by atoms with E-state index in [9.17, 15) is 19.5 Å². The van der Waals surface area contributed by atoms with E-state index in [0.717, 1.165) is 0 Å². The van der Waals surface area contributed by atoms with Crippen LogP contribution >= 0.6 is 0 Å². The number of Topliss-reactive ketones (excluding diaryl/α,β-unsaturated/α-hetero) is 1. The first kappa shape index (κ1) is 16.5. The minimum atomic E-state index is -1.54. The number of ketones is 1. The van der Waals surface area contributed by atoms with E-state index in [1.165, 1.54) is 11.8 Å². The standard InChI is InChI=1S/C14H23NO5/c1-9(13(2,3)4)20-12(19)15-7-6-10(16)14(5,8-15)11(17)18/h9H,6-8H2,1-5H3,(H,17,18). The molecule has 0 spiro atoms. The van der Waals surface area contributed by atoms with Crippen molar-refractivity contribution in [1.82, 2.24) is 4.90 Å². The van der Waals surface area contributed by atoms with Gasteiger partial charge < -0.3 is 14.7 Å². The zero-order valence-corrected chi connectivity index (χ0v) is 12.7. The lowest BCUT2D eigenvalue weighted by Crippen LogP contribution is -2.54. The molecule has 1 N–H and O–H groups in total. The van der Waals surface area contributed by atoms with Gasteiger partial charge in [-0.3, -0.25) is 9.59 Å². The maximum absolute atomic E-state index is 12.1. The third kappa shape index (κ3) is 3.29. The van der Waals surface area contributed by atoms with Crippen molar-refractivity contribution in [3.8, 4) is 0 Å². The molecular weight excluding hydrogens is 262 g/mol. The number of hydrogen-bond acceptors (Lipinski definition) is 4. The number of ether oxygens (including phenoxy) is 1. The lowest BCUT2D eigenvalue weighted by Gasteiger charge is -2.37. The van der Waals surface area contributed by atoms with E-state index in [1.54, 1.807) is 6.92 Å². The Labute approximate surface area is 119 Å². The normalized spacial score (nSPS) is 25.2. The van der Waals surface area contributed by atoms with E-state index in [2.05, 4.69) is 0 Å². The van der Waals surface area contributed by atoms with E-state index in [1.807, 2.05) is 20.8 Å². The van der Waals surface area contributed by atoms with Crippen molar-refractivity contribution >= 4 is 17.8 Å². The molecule has 0 bridgehead atoms. The fourth-order valence-corrected chi connectivity index (χ4v) is 1.81. The number of rotatable bonds is 2. The summed E-state index contributed by atoms with van der Waals surface area (Å²) in [5.74, 6) is -1.55. The van der Waals surface area contributed by atoms with Gasteiger partial charge in [-0.1, -0.05) is 20.8 Å². The van der Waals surface area contributed by atoms with Crippen molar-refractivity contribution in [2.45, 2.75) is 47.1 Å². The maximum atomic E-state index is 12.1. The zero-order chi connectivity index (χ0) is 15.7. The highest BCUT2D eigenvalue weighted by molar-refractivity contribution is 6.04. The van der Waals surface area contributed by atoms with Crippen molar-refractivity contribution in [3.05, 3.63) is 0 Å². The molecule has 6 nitrogen and oxygen atoms in total. The minimum Gasteiger partial charge on any atom is -0.480 e. The lowest BCUT2D eigenvalue weighted by molar-refractivity contribution is -0.157. The third-order valence-electron chi connectivity index (χ3n) is 3.96. The molecule has 2 unspecified atom stereocenters. The molecule has 114 valence electrons. The summed E-state index contributed by atoms with van der Waals surface area (Å²) in [5, 5.41) is 9.18. The fourth-order valence-electron chi connectivity index (χ4n) is 1.81. The van der Waals surface area contributed by atoms with Crippen LogP contribution in [0.15, 0.2) is 0 Å². The molecule has 0 aromatic rings. The molecule has 1 heterocycles. The summed E-state index contributed by atoms with van der Waals surface area (Å²) in [7, 11) is 0. The topological polar surface area (TPSA) is 83.9 Å². The summed E-state index contributed by atoms with van der Waals surface area (Å²) in [6, 6.07) is 0. The molecule has 0 radical (unpaired) electrons. The van der Waals surface area contributed by atoms with Gasteiger partial charge in [0.25, 0.3) is 0 Å². The molecule has 1 aliphatic rings. The van der Waals surface area contributed by atoms with Gasteiger partial charge in [0.15, 0.2) is 5.78 Å². The molecule has 20 heavy (non-hydrogen) atoms. The number of carboxylic acids is 1. The second-order valence-electron chi connectivity index (χ2n) is 6.62. The molecule has 2 atom stereocenters. The van der Waals surface area contributed by atoms with Crippen LogP contribution in [0.3, 0.4) is 0 Å². The van der Waals surface area contributed by atoms with Crippen LogP contribution in [-0.2, 0) is 14.3 Å². The Bertz CT molecular complexity index is 426. The van der Waals surface area contributed by atoms with Gasteiger partial charge in [-0.2, -0.15) is 0 Å². The van der Waals surface area contributed by atoms with Crippen LogP contribution in [0.5, 0.6) is 0 Å². The van der Waals surface area contributed by atoms with Crippen molar-refractivity contribution in [3.63, 3.8) is 0 Å². The molecule has 1 fully saturated rings. The number of nitrogens with zero attached hydrogens (tertiary/aromatic N) is 1. The summed E-state index contributed by atoms with van der Waals surface area (Å²) >= 11 is 0. The summed E-state index contributed by atoms with van der Waals surface area (Å²) in [6.07, 6.45) is -0.821. The number of carboxylic acid groups (broad SMARTS) is 1. The van der Waals surface area contributed by atoms with Crippen LogP contribution in [0, 0.1) is 10.8 Å². The number of hydrogen-bond donors (Lipinski definition) is 1. The number of carbonyl (C=O) groups is 3. The monoisotopic (exact) mass is 285 g/mol. The van der Waals surface area contributed by atoms with Crippen LogP contribution in [0.25, 0.3) is 0 Å². The van der Waals surface area contributed by atoms with Crippen LogP contribution < -0.4 is 0 Å². The van der Waals surface area contributed by atoms with Gasteiger partial charge in [0.2, 0.25) is 0 Å². The van der Waals surface area contributed by atoms with E-state index in [4.69, 9.17) is 4.74 Å². The van der Waals surface area contributed by atoms with Gasteiger partial charge in [0, 0.05) is 19.5 Å². The Kier molecular flexibility index (Phi) is 4.46. The summed E-state index contributed by atoms with van der Waals surface area (Å²) < 4.78 is 5.35. The first-order valence-corrected chi connectivity index (χ1v) is 6.71. The maximum Gasteiger partial charge on any atom is 0.410 e. The van der Waals surface area contributed by atoms with Crippen LogP contribution in [0.2, 0.25) is 0 Å². The van der Waals surface area contributed by atoms with Crippen molar-refractivity contribution in [1.29, 1.82) is 0 Å². The molecule has 1 saturated heterocycles. The molecule has 6 heteroatoms. The quantitative estimate of drug-likeness (QED) is 0.784. The number of aliphatic carboxylic acids is 1. The van der Waals surface area contributed by atoms with Crippen LogP contribution in [0.4, 0.5) is 4.79 Å². The van der Waals surface area contributed by atoms with Gasteiger partial charge >= 0.3 is 12.1 Å². The molecule has 0 aliphatic carbocycles. The van der Waals surface area contributed by atoms with Gasteiger partial charge in [0.05, 0.1) is 0 Å². The minimum absolute atomic E-state index is 0.0435. The Morgan fingerprint density at radius 1 is 1.40 bits per heavy atom. The first-order chi connectivity index (χ1) is 8.98. The van der Waals surface area contributed by atoms with Gasteiger partial charge in [-0.15, -0.1) is 0 Å². The van der Waals surface area contributed by atoms with Crippen molar-refractivity contribution in [2.24, 2.45) is 10.8 Å². The molecule has 0 aromatic heterocycles. The highest BCUT2D eigenvalue weighted by Crippen LogP contribution is 2.28. The van der Waals surface area contributed by atoms with Gasteiger partial charge in [0.1, 0.15) is 11.5 Å². The number of piperidine rings is 1. The average Bonchev–Trinajstić information content (AvgIpc) is 2.31. The Morgan fingerprint density at radius 3 is 2.40 bits per heavy atom. The van der Waals surface area contributed by atoms with Crippen LogP contribution in [0.1, 0.15) is 41.0 Å². The molecule has 0 saturated carbocycles. The van der Waals surface area contributed by atoms with Gasteiger partial charge in [-0.05, 0) is 19.3 Å². The highest BCUT2D eigenvalue weighted by atomic mass is 16.6. The third-order valence-corrected chi connectivity index (χ3v) is 3.96. The number of amides is 1. The van der Waals surface area contributed by atoms with Crippen LogP contribution in [-0.4, -0.2) is 47.0 Å². The second-order valence-corrected chi connectivity index (χ2v) is 6.62.